The van der Waals surface area contributed by atoms with E-state index in [9.17, 15) is 4.79 Å². The Morgan fingerprint density at radius 2 is 2.04 bits per heavy atom. The maximum absolute atomic E-state index is 12.1. The van der Waals surface area contributed by atoms with Crippen LogP contribution in [0.3, 0.4) is 0 Å². The smallest absolute Gasteiger partial charge is 0.407 e. The van der Waals surface area contributed by atoms with Gasteiger partial charge in [0.25, 0.3) is 0 Å². The number of nitrogens with zero attached hydrogens (tertiary/aromatic N) is 1. The number of methoxy groups -OCH3 is 1. The van der Waals surface area contributed by atoms with Gasteiger partial charge in [-0.1, -0.05) is 42.5 Å². The van der Waals surface area contributed by atoms with Gasteiger partial charge in [0.05, 0.1) is 17.6 Å². The van der Waals surface area contributed by atoms with E-state index < -0.39 is 11.7 Å². The van der Waals surface area contributed by atoms with E-state index in [1.165, 1.54) is 5.56 Å². The lowest BCUT2D eigenvalue weighted by atomic mass is 10.00. The minimum Gasteiger partial charge on any atom is -0.444 e. The van der Waals surface area contributed by atoms with Crippen LogP contribution in [0.2, 0.25) is 0 Å². The van der Waals surface area contributed by atoms with Gasteiger partial charge in [-0.15, -0.1) is 0 Å². The van der Waals surface area contributed by atoms with E-state index in [4.69, 9.17) is 21.7 Å². The van der Waals surface area contributed by atoms with Crippen LogP contribution in [-0.2, 0) is 16.0 Å². The summed E-state index contributed by atoms with van der Waals surface area (Å²) in [6.45, 7) is 7.59. The zero-order valence-corrected chi connectivity index (χ0v) is 16.3. The number of alkyl carbamates (subject to hydrolysis) is 1. The molecule has 138 valence electrons. The molecule has 0 aromatic heterocycles. The average Bonchev–Trinajstić information content (AvgIpc) is 2.87. The first-order valence-electron chi connectivity index (χ1n) is 8.58. The molecule has 1 aliphatic rings. The molecule has 25 heavy (non-hydrogen) atoms. The summed E-state index contributed by atoms with van der Waals surface area (Å²) in [5, 5.41) is 2.95. The van der Waals surface area contributed by atoms with Crippen molar-refractivity contribution in [3.63, 3.8) is 0 Å². The summed E-state index contributed by atoms with van der Waals surface area (Å²) in [6.07, 6.45) is 0.355. The van der Waals surface area contributed by atoms with Gasteiger partial charge in [-0.3, -0.25) is 0 Å². The van der Waals surface area contributed by atoms with Crippen molar-refractivity contribution in [3.05, 3.63) is 35.9 Å². The third kappa shape index (κ3) is 6.29. The number of nitrogens with one attached hydrogen (secondary N) is 1. The predicted molar refractivity (Wildman–Crippen MR) is 103 cm³/mol. The molecule has 5 nitrogen and oxygen atoms in total. The molecule has 6 heteroatoms. The lowest BCUT2D eigenvalue weighted by molar-refractivity contribution is 0.0434. The average molecular weight is 365 g/mol. The van der Waals surface area contributed by atoms with Crippen molar-refractivity contribution in [1.82, 2.24) is 10.2 Å². The number of ether oxygens (including phenoxy) is 2. The highest BCUT2D eigenvalue weighted by Gasteiger charge is 2.34. The van der Waals surface area contributed by atoms with Crippen molar-refractivity contribution in [2.24, 2.45) is 5.92 Å². The second-order valence-electron chi connectivity index (χ2n) is 7.43. The van der Waals surface area contributed by atoms with Crippen molar-refractivity contribution in [2.75, 3.05) is 20.3 Å². The number of carbonyl (C=O) groups excluding carboxylic acids is 1. The molecule has 1 saturated heterocycles. The molecule has 0 bridgehead atoms. The maximum atomic E-state index is 12.1. The largest absolute Gasteiger partial charge is 0.444 e. The molecular formula is C19H28N2O3S. The van der Waals surface area contributed by atoms with E-state index in [1.54, 1.807) is 7.11 Å². The van der Waals surface area contributed by atoms with Gasteiger partial charge in [0.1, 0.15) is 5.60 Å². The van der Waals surface area contributed by atoms with Crippen LogP contribution in [0.25, 0.3) is 0 Å². The molecule has 0 spiro atoms. The number of hydrogen-bond donors (Lipinski definition) is 1. The summed E-state index contributed by atoms with van der Waals surface area (Å²) < 4.78 is 10.7. The van der Waals surface area contributed by atoms with Crippen LogP contribution in [0.15, 0.2) is 30.3 Å². The summed E-state index contributed by atoms with van der Waals surface area (Å²) in [5.74, 6) is 0.212. The van der Waals surface area contributed by atoms with E-state index in [2.05, 4.69) is 22.3 Å². The fourth-order valence-corrected chi connectivity index (χ4v) is 3.32. The van der Waals surface area contributed by atoms with E-state index >= 15 is 0 Å². The third-order valence-corrected chi connectivity index (χ3v) is 4.50. The van der Waals surface area contributed by atoms with Crippen molar-refractivity contribution < 1.29 is 14.3 Å². The molecule has 2 rings (SSSR count). The lowest BCUT2D eigenvalue weighted by Gasteiger charge is -2.27. The van der Waals surface area contributed by atoms with Crippen LogP contribution in [-0.4, -0.2) is 47.9 Å². The highest BCUT2D eigenvalue weighted by molar-refractivity contribution is 7.80. The van der Waals surface area contributed by atoms with Crippen molar-refractivity contribution in [1.29, 1.82) is 0 Å². The van der Waals surface area contributed by atoms with Crippen LogP contribution >= 0.6 is 12.2 Å². The Morgan fingerprint density at radius 1 is 1.36 bits per heavy atom. The number of likely N-dealkylation sites (tertiary alicyclic amines) is 1. The van der Waals surface area contributed by atoms with Crippen LogP contribution in [0.5, 0.6) is 0 Å². The molecule has 1 amide bonds. The zero-order chi connectivity index (χ0) is 18.4. The molecule has 0 aliphatic carbocycles. The topological polar surface area (TPSA) is 50.8 Å². The first kappa shape index (κ1) is 19.7. The Balaban J connectivity index is 1.97. The molecule has 0 radical (unpaired) electrons. The molecule has 1 unspecified atom stereocenters. The van der Waals surface area contributed by atoms with E-state index in [0.717, 1.165) is 24.5 Å². The van der Waals surface area contributed by atoms with Gasteiger partial charge in [-0.05, 0) is 26.3 Å². The van der Waals surface area contributed by atoms with Crippen molar-refractivity contribution in [3.8, 4) is 0 Å². The second kappa shape index (κ2) is 8.63. The van der Waals surface area contributed by atoms with Gasteiger partial charge in [0, 0.05) is 32.5 Å². The standard InChI is InChI=1S/C19H28N2O3S/c1-19(2,3)24-18(22)20-16(13-23-4)15-10-17(25)21(12-15)11-14-8-6-5-7-9-14/h5-9,15-16H,10-13H2,1-4H3,(H,20,22)/t15-,16?/m0/s1. The molecule has 0 saturated carbocycles. The molecule has 1 N–H and O–H groups in total. The van der Waals surface area contributed by atoms with Crippen LogP contribution in [0, 0.1) is 5.92 Å². The normalized spacial score (nSPS) is 19.0. The SMILES string of the molecule is COCC(NC(=O)OC(C)(C)C)[C@H]1CC(=S)N(Cc2ccccc2)C1. The lowest BCUT2D eigenvalue weighted by Crippen LogP contribution is -2.46. The fraction of sp³-hybridized carbons (Fsp3) is 0.579. The van der Waals surface area contributed by atoms with Crippen molar-refractivity contribution in [2.45, 2.75) is 45.4 Å². The molecule has 1 aromatic carbocycles. The van der Waals surface area contributed by atoms with Crippen LogP contribution < -0.4 is 5.32 Å². The Labute approximate surface area is 155 Å². The summed E-state index contributed by atoms with van der Waals surface area (Å²) >= 11 is 5.56. The van der Waals surface area contributed by atoms with Gasteiger partial charge < -0.3 is 19.7 Å². The highest BCUT2D eigenvalue weighted by atomic mass is 32.1. The Morgan fingerprint density at radius 3 is 2.64 bits per heavy atom. The second-order valence-corrected chi connectivity index (χ2v) is 7.90. The molecule has 1 heterocycles. The number of carbonyl (C=O) groups is 1. The van der Waals surface area contributed by atoms with Crippen LogP contribution in [0.1, 0.15) is 32.8 Å². The van der Waals surface area contributed by atoms with E-state index in [1.807, 2.05) is 39.0 Å². The van der Waals surface area contributed by atoms with Crippen molar-refractivity contribution >= 4 is 23.3 Å². The number of amides is 1. The molecule has 1 aliphatic heterocycles. The molecule has 1 aromatic rings. The zero-order valence-electron chi connectivity index (χ0n) is 15.5. The number of benzene rings is 1. The number of thiocarbonyl (C=S) groups is 1. The number of rotatable bonds is 6. The Kier molecular flexibility index (Phi) is 6.79. The minimum absolute atomic E-state index is 0.126. The summed E-state index contributed by atoms with van der Waals surface area (Å²) in [5.41, 5.74) is 0.709. The van der Waals surface area contributed by atoms with E-state index in [0.29, 0.717) is 6.61 Å². The van der Waals surface area contributed by atoms with Gasteiger partial charge in [-0.2, -0.15) is 0 Å². The van der Waals surface area contributed by atoms with Gasteiger partial charge in [-0.25, -0.2) is 4.79 Å². The summed E-state index contributed by atoms with van der Waals surface area (Å²) in [7, 11) is 1.64. The quantitative estimate of drug-likeness (QED) is 0.784. The monoisotopic (exact) mass is 364 g/mol. The Bertz CT molecular complexity index is 586. The summed E-state index contributed by atoms with van der Waals surface area (Å²) in [4.78, 5) is 15.3. The maximum Gasteiger partial charge on any atom is 0.407 e. The molecular weight excluding hydrogens is 336 g/mol. The van der Waals surface area contributed by atoms with E-state index in [-0.39, 0.29) is 12.0 Å². The minimum atomic E-state index is -0.522. The fourth-order valence-electron chi connectivity index (χ4n) is 2.96. The van der Waals surface area contributed by atoms with Gasteiger partial charge >= 0.3 is 6.09 Å². The molecule has 2 atom stereocenters. The van der Waals surface area contributed by atoms with Gasteiger partial charge in [0.15, 0.2) is 0 Å². The third-order valence-electron chi connectivity index (χ3n) is 4.08. The van der Waals surface area contributed by atoms with Gasteiger partial charge in [0.2, 0.25) is 0 Å². The molecule has 1 fully saturated rings. The number of hydrogen-bond acceptors (Lipinski definition) is 4. The highest BCUT2D eigenvalue weighted by Crippen LogP contribution is 2.25. The predicted octanol–water partition coefficient (Wildman–Crippen LogP) is 3.38. The summed E-state index contributed by atoms with van der Waals surface area (Å²) in [6, 6.07) is 10.1. The van der Waals surface area contributed by atoms with Crippen LogP contribution in [0.4, 0.5) is 4.79 Å². The first-order valence-corrected chi connectivity index (χ1v) is 8.99. The first-order chi connectivity index (χ1) is 11.8. The Hall–Kier alpha value is -1.66.